The highest BCUT2D eigenvalue weighted by molar-refractivity contribution is 7.89. The first kappa shape index (κ1) is 24.6. The van der Waals surface area contributed by atoms with E-state index in [1.165, 1.54) is 27.8 Å². The standard InChI is InChI=1S/C26H29N5O3S2/c1-3-16-30(17-4-2)36(33,34)19-14-12-18(13-15-19)25(32)28-24-20-8-7-10-21(20)29-31(24)26-27-22-9-5-6-11-23(22)35-26/h5-6,9,11-15H,3-4,7-8,10,16-17H2,1-2H3,(H,28,32). The number of carbonyl (C=O) groups is 1. The number of rotatable bonds is 9. The number of hydrogen-bond acceptors (Lipinski definition) is 6. The predicted molar refractivity (Wildman–Crippen MR) is 143 cm³/mol. The molecule has 4 aromatic rings. The Morgan fingerprint density at radius 1 is 1.06 bits per heavy atom. The van der Waals surface area contributed by atoms with Gasteiger partial charge >= 0.3 is 0 Å². The summed E-state index contributed by atoms with van der Waals surface area (Å²) in [5, 5.41) is 8.51. The van der Waals surface area contributed by atoms with Gasteiger partial charge in [-0.15, -0.1) is 0 Å². The van der Waals surface area contributed by atoms with Crippen LogP contribution >= 0.6 is 11.3 Å². The molecule has 1 amide bonds. The number of thiazole rings is 1. The summed E-state index contributed by atoms with van der Waals surface area (Å²) in [6.07, 6.45) is 4.20. The molecule has 5 rings (SSSR count). The van der Waals surface area contributed by atoms with E-state index in [9.17, 15) is 13.2 Å². The quantitative estimate of drug-likeness (QED) is 0.332. The van der Waals surface area contributed by atoms with Gasteiger partial charge in [-0.2, -0.15) is 14.1 Å². The minimum Gasteiger partial charge on any atom is -0.306 e. The summed E-state index contributed by atoms with van der Waals surface area (Å²) in [5.74, 6) is 0.329. The molecule has 188 valence electrons. The first-order chi connectivity index (χ1) is 17.4. The number of benzene rings is 2. The molecule has 1 aliphatic rings. The lowest BCUT2D eigenvalue weighted by Gasteiger charge is -2.21. The number of anilines is 1. The highest BCUT2D eigenvalue weighted by Crippen LogP contribution is 2.34. The van der Waals surface area contributed by atoms with Crippen LogP contribution in [0.3, 0.4) is 0 Å². The monoisotopic (exact) mass is 523 g/mol. The van der Waals surface area contributed by atoms with Crippen LogP contribution in [0.5, 0.6) is 0 Å². The van der Waals surface area contributed by atoms with Crippen LogP contribution in [0.2, 0.25) is 0 Å². The van der Waals surface area contributed by atoms with Crippen molar-refractivity contribution in [2.45, 2.75) is 50.8 Å². The van der Waals surface area contributed by atoms with Crippen molar-refractivity contribution in [1.82, 2.24) is 19.1 Å². The van der Waals surface area contributed by atoms with Gasteiger partial charge in [-0.1, -0.05) is 37.3 Å². The van der Waals surface area contributed by atoms with Crippen LogP contribution < -0.4 is 5.32 Å². The fraction of sp³-hybridized carbons (Fsp3) is 0.346. The summed E-state index contributed by atoms with van der Waals surface area (Å²) in [6, 6.07) is 14.1. The van der Waals surface area contributed by atoms with Gasteiger partial charge < -0.3 is 5.32 Å². The highest BCUT2D eigenvalue weighted by atomic mass is 32.2. The molecule has 0 saturated heterocycles. The van der Waals surface area contributed by atoms with E-state index in [-0.39, 0.29) is 10.8 Å². The number of nitrogens with one attached hydrogen (secondary N) is 1. The summed E-state index contributed by atoms with van der Waals surface area (Å²) < 4.78 is 30.4. The summed E-state index contributed by atoms with van der Waals surface area (Å²) in [7, 11) is -3.60. The SMILES string of the molecule is CCCN(CCC)S(=O)(=O)c1ccc(C(=O)Nc2c3c(nn2-c2nc4ccccc4s2)CCC3)cc1. The van der Waals surface area contributed by atoms with Gasteiger partial charge in [-0.25, -0.2) is 13.4 Å². The number of hydrogen-bond donors (Lipinski definition) is 1. The predicted octanol–water partition coefficient (Wildman–Crippen LogP) is 5.03. The average Bonchev–Trinajstić information content (AvgIpc) is 3.59. The van der Waals surface area contributed by atoms with Crippen LogP contribution in [0.25, 0.3) is 15.3 Å². The van der Waals surface area contributed by atoms with Gasteiger partial charge in [-0.3, -0.25) is 4.79 Å². The van der Waals surface area contributed by atoms with E-state index >= 15 is 0 Å². The summed E-state index contributed by atoms with van der Waals surface area (Å²) >= 11 is 1.53. The number of carbonyl (C=O) groups excluding carboxylic acids is 1. The minimum absolute atomic E-state index is 0.196. The largest absolute Gasteiger partial charge is 0.306 e. The number of sulfonamides is 1. The lowest BCUT2D eigenvalue weighted by molar-refractivity contribution is 0.102. The maximum atomic E-state index is 13.2. The van der Waals surface area contributed by atoms with Crippen molar-refractivity contribution in [2.24, 2.45) is 0 Å². The molecule has 0 radical (unpaired) electrons. The van der Waals surface area contributed by atoms with Crippen LogP contribution in [0.4, 0.5) is 5.82 Å². The molecule has 2 heterocycles. The zero-order valence-corrected chi connectivity index (χ0v) is 22.0. The molecule has 10 heteroatoms. The molecule has 36 heavy (non-hydrogen) atoms. The third kappa shape index (κ3) is 4.56. The van der Waals surface area contributed by atoms with Crippen LogP contribution in [-0.4, -0.2) is 46.5 Å². The average molecular weight is 524 g/mol. The summed E-state index contributed by atoms with van der Waals surface area (Å²) in [6.45, 7) is 4.86. The molecule has 0 unspecified atom stereocenters. The zero-order valence-electron chi connectivity index (χ0n) is 20.4. The second-order valence-electron chi connectivity index (χ2n) is 8.89. The molecule has 0 saturated carbocycles. The van der Waals surface area contributed by atoms with Gasteiger partial charge in [0.2, 0.25) is 15.2 Å². The summed E-state index contributed by atoms with van der Waals surface area (Å²) in [4.78, 5) is 18.2. The lowest BCUT2D eigenvalue weighted by atomic mass is 10.2. The Kier molecular flexibility index (Phi) is 6.92. The molecule has 2 aromatic carbocycles. The van der Waals surface area contributed by atoms with E-state index in [1.54, 1.807) is 16.8 Å². The van der Waals surface area contributed by atoms with Gasteiger partial charge in [0.1, 0.15) is 5.82 Å². The Labute approximate surface area is 215 Å². The Balaban J connectivity index is 1.42. The van der Waals surface area contributed by atoms with E-state index in [1.807, 2.05) is 38.1 Å². The van der Waals surface area contributed by atoms with E-state index in [2.05, 4.69) is 5.32 Å². The molecule has 0 aliphatic heterocycles. The lowest BCUT2D eigenvalue weighted by Crippen LogP contribution is -2.32. The smallest absolute Gasteiger partial charge is 0.256 e. The first-order valence-electron chi connectivity index (χ1n) is 12.3. The Hall–Kier alpha value is -3.08. The molecular weight excluding hydrogens is 494 g/mol. The van der Waals surface area contributed by atoms with Crippen LogP contribution in [0.15, 0.2) is 53.4 Å². The van der Waals surface area contributed by atoms with Crippen LogP contribution in [0, 0.1) is 0 Å². The van der Waals surface area contributed by atoms with Gasteiger partial charge in [0.25, 0.3) is 5.91 Å². The van der Waals surface area contributed by atoms with Crippen molar-refractivity contribution in [2.75, 3.05) is 18.4 Å². The number of para-hydroxylation sites is 1. The number of aryl methyl sites for hydroxylation is 1. The Bertz CT molecular complexity index is 1470. The molecule has 0 fully saturated rings. The van der Waals surface area contributed by atoms with Crippen molar-refractivity contribution < 1.29 is 13.2 Å². The number of fused-ring (bicyclic) bond motifs is 2. The maximum absolute atomic E-state index is 13.2. The second kappa shape index (κ2) is 10.1. The van der Waals surface area contributed by atoms with Crippen LogP contribution in [-0.2, 0) is 22.9 Å². The molecule has 2 aromatic heterocycles. The summed E-state index contributed by atoms with van der Waals surface area (Å²) in [5.41, 5.74) is 3.30. The number of nitrogens with zero attached hydrogens (tertiary/aromatic N) is 4. The topological polar surface area (TPSA) is 97.2 Å². The van der Waals surface area contributed by atoms with E-state index in [0.29, 0.717) is 29.6 Å². The molecular formula is C26H29N5O3S2. The van der Waals surface area contributed by atoms with Crippen molar-refractivity contribution in [3.05, 3.63) is 65.4 Å². The van der Waals surface area contributed by atoms with Crippen LogP contribution in [0.1, 0.15) is 54.7 Å². The Morgan fingerprint density at radius 2 is 1.78 bits per heavy atom. The molecule has 8 nitrogen and oxygen atoms in total. The van der Waals surface area contributed by atoms with E-state index in [0.717, 1.165) is 53.6 Å². The first-order valence-corrected chi connectivity index (χ1v) is 14.6. The van der Waals surface area contributed by atoms with Gasteiger partial charge in [0, 0.05) is 24.2 Å². The third-order valence-corrected chi connectivity index (χ3v) is 9.23. The van der Waals surface area contributed by atoms with Gasteiger partial charge in [-0.05, 0) is 68.5 Å². The fourth-order valence-corrected chi connectivity index (χ4v) is 7.12. The molecule has 0 atom stereocenters. The minimum atomic E-state index is -3.60. The molecule has 1 N–H and O–H groups in total. The number of amides is 1. The fourth-order valence-electron chi connectivity index (χ4n) is 4.57. The van der Waals surface area contributed by atoms with Crippen molar-refractivity contribution in [1.29, 1.82) is 0 Å². The van der Waals surface area contributed by atoms with E-state index < -0.39 is 10.0 Å². The second-order valence-corrected chi connectivity index (χ2v) is 11.8. The normalized spacial score (nSPS) is 13.4. The van der Waals surface area contributed by atoms with Gasteiger partial charge in [0.15, 0.2) is 0 Å². The maximum Gasteiger partial charge on any atom is 0.256 e. The van der Waals surface area contributed by atoms with Crippen molar-refractivity contribution in [3.63, 3.8) is 0 Å². The van der Waals surface area contributed by atoms with Gasteiger partial charge in [0.05, 0.1) is 20.8 Å². The zero-order chi connectivity index (χ0) is 25.3. The molecule has 1 aliphatic carbocycles. The number of aromatic nitrogens is 3. The van der Waals surface area contributed by atoms with Crippen molar-refractivity contribution >= 4 is 43.3 Å². The third-order valence-electron chi connectivity index (χ3n) is 6.30. The van der Waals surface area contributed by atoms with Crippen molar-refractivity contribution in [3.8, 4) is 5.13 Å². The Morgan fingerprint density at radius 3 is 2.47 bits per heavy atom. The molecule has 0 bridgehead atoms. The highest BCUT2D eigenvalue weighted by Gasteiger charge is 2.27. The molecule has 0 spiro atoms. The van der Waals surface area contributed by atoms with E-state index in [4.69, 9.17) is 10.1 Å².